The number of hydrogen-bond donors (Lipinski definition) is 1. The van der Waals surface area contributed by atoms with Crippen LogP contribution < -0.4 is 10.1 Å². The molecule has 3 aromatic carbocycles. The number of halogens is 1. The van der Waals surface area contributed by atoms with Gasteiger partial charge in [-0.05, 0) is 73.7 Å². The van der Waals surface area contributed by atoms with Crippen molar-refractivity contribution in [2.75, 3.05) is 6.61 Å². The van der Waals surface area contributed by atoms with Crippen LogP contribution in [0.2, 0.25) is 0 Å². The number of aromatic nitrogens is 2. The maximum atomic E-state index is 12.8. The Labute approximate surface area is 215 Å². The number of fused-ring (bicyclic) bond motifs is 1. The van der Waals surface area contributed by atoms with Gasteiger partial charge in [0, 0.05) is 16.6 Å². The van der Waals surface area contributed by atoms with Gasteiger partial charge in [0.2, 0.25) is 0 Å². The number of rotatable bonds is 10. The lowest BCUT2D eigenvalue weighted by Crippen LogP contribution is -2.28. The summed E-state index contributed by atoms with van der Waals surface area (Å²) in [6.07, 6.45) is 1.95. The van der Waals surface area contributed by atoms with Crippen LogP contribution in [0.3, 0.4) is 0 Å². The average molecular weight is 534 g/mol. The third kappa shape index (κ3) is 6.12. The second-order valence-corrected chi connectivity index (χ2v) is 9.81. The molecule has 1 amide bonds. The van der Waals surface area contributed by atoms with Crippen molar-refractivity contribution in [3.8, 4) is 5.75 Å². The van der Waals surface area contributed by atoms with Crippen molar-refractivity contribution in [1.29, 1.82) is 0 Å². The number of amides is 1. The van der Waals surface area contributed by atoms with Crippen molar-refractivity contribution >= 4 is 32.9 Å². The highest BCUT2D eigenvalue weighted by Crippen LogP contribution is 2.23. The van der Waals surface area contributed by atoms with Gasteiger partial charge in [0.1, 0.15) is 11.6 Å². The van der Waals surface area contributed by atoms with Gasteiger partial charge in [0.25, 0.3) is 5.91 Å². The summed E-state index contributed by atoms with van der Waals surface area (Å²) in [5.41, 5.74) is 3.94. The number of hydrogen-bond acceptors (Lipinski definition) is 3. The number of imidazole rings is 1. The molecule has 1 aromatic heterocycles. The van der Waals surface area contributed by atoms with Gasteiger partial charge in [-0.2, -0.15) is 0 Å². The first kappa shape index (κ1) is 25.0. The van der Waals surface area contributed by atoms with Crippen LogP contribution in [-0.2, 0) is 6.54 Å². The zero-order valence-electron chi connectivity index (χ0n) is 20.5. The maximum absolute atomic E-state index is 12.8. The first-order valence-corrected chi connectivity index (χ1v) is 13.0. The van der Waals surface area contributed by atoms with Crippen LogP contribution >= 0.6 is 15.9 Å². The van der Waals surface area contributed by atoms with E-state index in [1.54, 1.807) is 0 Å². The Morgan fingerprint density at radius 3 is 2.57 bits per heavy atom. The predicted molar refractivity (Wildman–Crippen MR) is 145 cm³/mol. The molecule has 0 saturated carbocycles. The molecule has 0 aliphatic carbocycles. The molecule has 1 heterocycles. The van der Waals surface area contributed by atoms with Gasteiger partial charge in [0.15, 0.2) is 0 Å². The number of para-hydroxylation sites is 2. The molecule has 0 radical (unpaired) electrons. The van der Waals surface area contributed by atoms with Crippen LogP contribution in [0.15, 0.2) is 77.3 Å². The standard InChI is InChI=1S/C29H32BrN3O2/c1-4-20(2)22-13-15-25(16-14-22)35-18-8-17-33-27-12-6-5-11-26(27)32-28(33)21(3)31-29(34)23-9-7-10-24(30)19-23/h5-7,9-16,19-21H,4,8,17-18H2,1-3H3,(H,31,34). The van der Waals surface area contributed by atoms with E-state index < -0.39 is 0 Å². The normalized spacial score (nSPS) is 12.9. The summed E-state index contributed by atoms with van der Waals surface area (Å²) in [7, 11) is 0. The lowest BCUT2D eigenvalue weighted by Gasteiger charge is -2.17. The fourth-order valence-electron chi connectivity index (χ4n) is 4.17. The molecule has 0 bridgehead atoms. The molecular formula is C29H32BrN3O2. The summed E-state index contributed by atoms with van der Waals surface area (Å²) in [6, 6.07) is 23.6. The van der Waals surface area contributed by atoms with E-state index in [2.05, 4.69) is 70.0 Å². The fourth-order valence-corrected chi connectivity index (χ4v) is 4.57. The van der Waals surface area contributed by atoms with Crippen molar-refractivity contribution < 1.29 is 9.53 Å². The van der Waals surface area contributed by atoms with Gasteiger partial charge in [-0.3, -0.25) is 4.79 Å². The quantitative estimate of drug-likeness (QED) is 0.218. The lowest BCUT2D eigenvalue weighted by atomic mass is 9.99. The van der Waals surface area contributed by atoms with Gasteiger partial charge < -0.3 is 14.6 Å². The minimum atomic E-state index is -0.247. The molecule has 182 valence electrons. The summed E-state index contributed by atoms with van der Waals surface area (Å²) < 4.78 is 9.08. The molecular weight excluding hydrogens is 502 g/mol. The van der Waals surface area contributed by atoms with Gasteiger partial charge >= 0.3 is 0 Å². The number of aryl methyl sites for hydroxylation is 1. The number of nitrogens with one attached hydrogen (secondary N) is 1. The molecule has 6 heteroatoms. The first-order valence-electron chi connectivity index (χ1n) is 12.2. The summed E-state index contributed by atoms with van der Waals surface area (Å²) >= 11 is 3.43. The van der Waals surface area contributed by atoms with E-state index in [1.165, 1.54) is 5.56 Å². The van der Waals surface area contributed by atoms with Crippen molar-refractivity contribution in [1.82, 2.24) is 14.9 Å². The van der Waals surface area contributed by atoms with Crippen LogP contribution in [0, 0.1) is 0 Å². The number of carbonyl (C=O) groups excluding carboxylic acids is 1. The third-order valence-electron chi connectivity index (χ3n) is 6.36. The Bertz CT molecular complexity index is 1280. The van der Waals surface area contributed by atoms with Gasteiger partial charge in [-0.15, -0.1) is 0 Å². The zero-order valence-corrected chi connectivity index (χ0v) is 22.1. The average Bonchev–Trinajstić information content (AvgIpc) is 3.25. The Morgan fingerprint density at radius 2 is 1.83 bits per heavy atom. The Hall–Kier alpha value is -3.12. The van der Waals surface area contributed by atoms with E-state index in [4.69, 9.17) is 9.72 Å². The molecule has 0 aliphatic rings. The van der Waals surface area contributed by atoms with Crippen LogP contribution in [0.5, 0.6) is 5.75 Å². The van der Waals surface area contributed by atoms with Crippen molar-refractivity contribution in [3.05, 3.63) is 94.2 Å². The van der Waals surface area contributed by atoms with Crippen molar-refractivity contribution in [3.63, 3.8) is 0 Å². The summed E-state index contributed by atoms with van der Waals surface area (Å²) in [6.45, 7) is 7.77. The molecule has 0 spiro atoms. The summed E-state index contributed by atoms with van der Waals surface area (Å²) in [4.78, 5) is 17.7. The Balaban J connectivity index is 1.43. The second kappa shape index (κ2) is 11.5. The van der Waals surface area contributed by atoms with Gasteiger partial charge in [0.05, 0.1) is 23.7 Å². The molecule has 2 atom stereocenters. The number of carbonyl (C=O) groups is 1. The predicted octanol–water partition coefficient (Wildman–Crippen LogP) is 7.27. The van der Waals surface area contributed by atoms with Crippen molar-refractivity contribution in [2.45, 2.75) is 52.1 Å². The number of ether oxygens (including phenoxy) is 1. The smallest absolute Gasteiger partial charge is 0.251 e. The van der Waals surface area contributed by atoms with Crippen molar-refractivity contribution in [2.24, 2.45) is 0 Å². The minimum absolute atomic E-state index is 0.124. The molecule has 5 nitrogen and oxygen atoms in total. The van der Waals surface area contributed by atoms with Crippen LogP contribution in [0.25, 0.3) is 11.0 Å². The Morgan fingerprint density at radius 1 is 1.06 bits per heavy atom. The third-order valence-corrected chi connectivity index (χ3v) is 6.86. The van der Waals surface area contributed by atoms with Crippen LogP contribution in [-0.4, -0.2) is 22.1 Å². The molecule has 2 unspecified atom stereocenters. The van der Waals surface area contributed by atoms with E-state index in [0.717, 1.165) is 46.5 Å². The molecule has 0 fully saturated rings. The molecule has 4 rings (SSSR count). The molecule has 1 N–H and O–H groups in total. The lowest BCUT2D eigenvalue weighted by molar-refractivity contribution is 0.0937. The van der Waals surface area contributed by atoms with Crippen LogP contribution in [0.4, 0.5) is 0 Å². The first-order chi connectivity index (χ1) is 17.0. The summed E-state index contributed by atoms with van der Waals surface area (Å²) in [5.74, 6) is 2.17. The highest BCUT2D eigenvalue weighted by atomic mass is 79.9. The molecule has 0 saturated heterocycles. The van der Waals surface area contributed by atoms with E-state index in [1.807, 2.05) is 49.4 Å². The zero-order chi connectivity index (χ0) is 24.8. The SMILES string of the molecule is CCC(C)c1ccc(OCCCn2c(C(C)NC(=O)c3cccc(Br)c3)nc3ccccc32)cc1. The molecule has 4 aromatic rings. The largest absolute Gasteiger partial charge is 0.494 e. The molecule has 35 heavy (non-hydrogen) atoms. The second-order valence-electron chi connectivity index (χ2n) is 8.90. The fraction of sp³-hybridized carbons (Fsp3) is 0.310. The van der Waals surface area contributed by atoms with E-state index in [9.17, 15) is 4.79 Å². The summed E-state index contributed by atoms with van der Waals surface area (Å²) in [5, 5.41) is 3.10. The van der Waals surface area contributed by atoms with E-state index in [0.29, 0.717) is 18.1 Å². The topological polar surface area (TPSA) is 56.1 Å². The highest BCUT2D eigenvalue weighted by molar-refractivity contribution is 9.10. The highest BCUT2D eigenvalue weighted by Gasteiger charge is 2.19. The monoisotopic (exact) mass is 533 g/mol. The molecule has 0 aliphatic heterocycles. The minimum Gasteiger partial charge on any atom is -0.494 e. The van der Waals surface area contributed by atoms with Gasteiger partial charge in [-0.1, -0.05) is 60.1 Å². The Kier molecular flexibility index (Phi) is 8.24. The number of benzene rings is 3. The van der Waals surface area contributed by atoms with E-state index in [-0.39, 0.29) is 11.9 Å². The number of nitrogens with zero attached hydrogens (tertiary/aromatic N) is 2. The maximum Gasteiger partial charge on any atom is 0.251 e. The van der Waals surface area contributed by atoms with Crippen LogP contribution in [0.1, 0.15) is 67.3 Å². The van der Waals surface area contributed by atoms with Gasteiger partial charge in [-0.25, -0.2) is 4.98 Å². The van der Waals surface area contributed by atoms with E-state index >= 15 is 0 Å².